The minimum Gasteiger partial charge on any atom is -0.355 e. The number of pyridine rings is 1. The van der Waals surface area contributed by atoms with Gasteiger partial charge in [0.25, 0.3) is 0 Å². The van der Waals surface area contributed by atoms with Crippen LogP contribution < -0.4 is 10.6 Å². The number of aromatic nitrogens is 1. The van der Waals surface area contributed by atoms with Crippen molar-refractivity contribution in [2.45, 2.75) is 32.7 Å². The summed E-state index contributed by atoms with van der Waals surface area (Å²) in [5, 5.41) is 6.02. The molecule has 2 N–H and O–H groups in total. The van der Waals surface area contributed by atoms with Crippen LogP contribution in [0.3, 0.4) is 0 Å². The molecule has 0 saturated heterocycles. The molecule has 17 heavy (non-hydrogen) atoms. The lowest BCUT2D eigenvalue weighted by Crippen LogP contribution is -2.35. The lowest BCUT2D eigenvalue weighted by atomic mass is 10.2. The third kappa shape index (κ3) is 5.45. The first-order valence-electron chi connectivity index (χ1n) is 6.15. The van der Waals surface area contributed by atoms with Gasteiger partial charge in [0.15, 0.2) is 0 Å². The van der Waals surface area contributed by atoms with E-state index in [0.717, 1.165) is 25.1 Å². The van der Waals surface area contributed by atoms with Crippen LogP contribution in [-0.2, 0) is 4.79 Å². The van der Waals surface area contributed by atoms with Gasteiger partial charge < -0.3 is 10.6 Å². The van der Waals surface area contributed by atoms with Crippen molar-refractivity contribution < 1.29 is 4.79 Å². The molecule has 0 aromatic carbocycles. The maximum atomic E-state index is 11.5. The summed E-state index contributed by atoms with van der Waals surface area (Å²) >= 11 is 0. The molecule has 94 valence electrons. The largest absolute Gasteiger partial charge is 0.355 e. The second-order valence-corrected chi connectivity index (χ2v) is 4.06. The van der Waals surface area contributed by atoms with Crippen LogP contribution in [0.1, 0.15) is 38.4 Å². The van der Waals surface area contributed by atoms with E-state index < -0.39 is 0 Å². The van der Waals surface area contributed by atoms with Crippen molar-refractivity contribution in [2.75, 3.05) is 13.1 Å². The number of nitrogens with zero attached hydrogens (tertiary/aromatic N) is 1. The second kappa shape index (κ2) is 7.79. The van der Waals surface area contributed by atoms with Gasteiger partial charge >= 0.3 is 0 Å². The Kier molecular flexibility index (Phi) is 6.25. The maximum absolute atomic E-state index is 11.5. The third-order valence-corrected chi connectivity index (χ3v) is 2.55. The van der Waals surface area contributed by atoms with E-state index in [1.165, 1.54) is 0 Å². The Bertz CT molecular complexity index is 327. The van der Waals surface area contributed by atoms with Crippen molar-refractivity contribution in [3.8, 4) is 0 Å². The molecule has 0 saturated carbocycles. The van der Waals surface area contributed by atoms with Gasteiger partial charge in [-0.2, -0.15) is 0 Å². The lowest BCUT2D eigenvalue weighted by Gasteiger charge is -2.12. The minimum atomic E-state index is 0.0428. The van der Waals surface area contributed by atoms with E-state index in [4.69, 9.17) is 0 Å². The molecule has 4 nitrogen and oxygen atoms in total. The summed E-state index contributed by atoms with van der Waals surface area (Å²) < 4.78 is 0. The molecular weight excluding hydrogens is 214 g/mol. The van der Waals surface area contributed by atoms with Gasteiger partial charge in [-0.1, -0.05) is 19.4 Å². The fourth-order valence-corrected chi connectivity index (χ4v) is 1.45. The summed E-state index contributed by atoms with van der Waals surface area (Å²) in [7, 11) is 0. The van der Waals surface area contributed by atoms with Gasteiger partial charge in [0.2, 0.25) is 5.91 Å². The second-order valence-electron chi connectivity index (χ2n) is 4.06. The van der Waals surface area contributed by atoms with E-state index in [9.17, 15) is 4.79 Å². The number of carbonyl (C=O) groups excluding carboxylic acids is 1. The van der Waals surface area contributed by atoms with E-state index >= 15 is 0 Å². The zero-order valence-corrected chi connectivity index (χ0v) is 10.6. The van der Waals surface area contributed by atoms with Crippen molar-refractivity contribution in [2.24, 2.45) is 0 Å². The summed E-state index contributed by atoms with van der Waals surface area (Å²) in [4.78, 5) is 15.7. The van der Waals surface area contributed by atoms with E-state index in [0.29, 0.717) is 6.54 Å². The van der Waals surface area contributed by atoms with Gasteiger partial charge in [0.1, 0.15) is 0 Å². The summed E-state index contributed by atoms with van der Waals surface area (Å²) in [6, 6.07) is 5.87. The van der Waals surface area contributed by atoms with Gasteiger partial charge in [0.05, 0.1) is 12.2 Å². The SMILES string of the molecule is CCCCNC(=O)CN[C@H](C)c1ccccn1. The van der Waals surface area contributed by atoms with Gasteiger partial charge in [-0.25, -0.2) is 0 Å². The number of rotatable bonds is 7. The molecule has 0 spiro atoms. The zero-order valence-electron chi connectivity index (χ0n) is 10.6. The molecule has 1 heterocycles. The van der Waals surface area contributed by atoms with Crippen LogP contribution in [0, 0.1) is 0 Å². The van der Waals surface area contributed by atoms with Crippen molar-refractivity contribution >= 4 is 5.91 Å². The average molecular weight is 235 g/mol. The molecule has 1 aromatic heterocycles. The van der Waals surface area contributed by atoms with Gasteiger partial charge in [-0.15, -0.1) is 0 Å². The minimum absolute atomic E-state index is 0.0428. The number of nitrogens with one attached hydrogen (secondary N) is 2. The van der Waals surface area contributed by atoms with E-state index in [-0.39, 0.29) is 11.9 Å². The molecular formula is C13H21N3O. The Hall–Kier alpha value is -1.42. The van der Waals surface area contributed by atoms with Gasteiger partial charge in [0, 0.05) is 18.8 Å². The standard InChI is InChI=1S/C13H21N3O/c1-3-4-8-15-13(17)10-16-11(2)12-7-5-6-9-14-12/h5-7,9,11,16H,3-4,8,10H2,1-2H3,(H,15,17)/t11-/m1/s1. The van der Waals surface area contributed by atoms with Crippen molar-refractivity contribution in [1.29, 1.82) is 0 Å². The normalized spacial score (nSPS) is 12.1. The molecule has 0 aliphatic heterocycles. The highest BCUT2D eigenvalue weighted by molar-refractivity contribution is 5.77. The fourth-order valence-electron chi connectivity index (χ4n) is 1.45. The monoisotopic (exact) mass is 235 g/mol. The Morgan fingerprint density at radius 1 is 1.47 bits per heavy atom. The predicted octanol–water partition coefficient (Wildman–Crippen LogP) is 1.65. The summed E-state index contributed by atoms with van der Waals surface area (Å²) in [5.74, 6) is 0.0428. The molecule has 1 rings (SSSR count). The first-order chi connectivity index (χ1) is 8.24. The predicted molar refractivity (Wildman–Crippen MR) is 68.6 cm³/mol. The highest BCUT2D eigenvalue weighted by Gasteiger charge is 2.07. The number of hydrogen-bond acceptors (Lipinski definition) is 3. The summed E-state index contributed by atoms with van der Waals surface area (Å²) in [6.45, 7) is 5.20. The van der Waals surface area contributed by atoms with Crippen LogP contribution >= 0.6 is 0 Å². The molecule has 0 aliphatic rings. The van der Waals surface area contributed by atoms with Gasteiger partial charge in [-0.05, 0) is 25.5 Å². The van der Waals surface area contributed by atoms with Crippen LogP contribution in [0.5, 0.6) is 0 Å². The highest BCUT2D eigenvalue weighted by Crippen LogP contribution is 2.06. The van der Waals surface area contributed by atoms with E-state index in [2.05, 4.69) is 22.5 Å². The molecule has 4 heteroatoms. The third-order valence-electron chi connectivity index (χ3n) is 2.55. The van der Waals surface area contributed by atoms with Crippen molar-refractivity contribution in [1.82, 2.24) is 15.6 Å². The highest BCUT2D eigenvalue weighted by atomic mass is 16.1. The van der Waals surface area contributed by atoms with Crippen LogP contribution in [0.15, 0.2) is 24.4 Å². The molecule has 0 bridgehead atoms. The molecule has 1 amide bonds. The maximum Gasteiger partial charge on any atom is 0.233 e. The molecule has 0 unspecified atom stereocenters. The van der Waals surface area contributed by atoms with Crippen LogP contribution in [-0.4, -0.2) is 24.0 Å². The Balaban J connectivity index is 2.24. The quantitative estimate of drug-likeness (QED) is 0.707. The van der Waals surface area contributed by atoms with Crippen molar-refractivity contribution in [3.63, 3.8) is 0 Å². The van der Waals surface area contributed by atoms with E-state index in [1.807, 2.05) is 25.1 Å². The molecule has 0 radical (unpaired) electrons. The first kappa shape index (κ1) is 13.6. The number of hydrogen-bond donors (Lipinski definition) is 2. The number of unbranched alkanes of at least 4 members (excludes halogenated alkanes) is 1. The van der Waals surface area contributed by atoms with Crippen LogP contribution in [0.4, 0.5) is 0 Å². The smallest absolute Gasteiger partial charge is 0.233 e. The Morgan fingerprint density at radius 3 is 2.94 bits per heavy atom. The fraction of sp³-hybridized carbons (Fsp3) is 0.538. The van der Waals surface area contributed by atoms with Gasteiger partial charge in [-0.3, -0.25) is 9.78 Å². The first-order valence-corrected chi connectivity index (χ1v) is 6.15. The van der Waals surface area contributed by atoms with Crippen molar-refractivity contribution in [3.05, 3.63) is 30.1 Å². The molecule has 1 aromatic rings. The lowest BCUT2D eigenvalue weighted by molar-refractivity contribution is -0.120. The Morgan fingerprint density at radius 2 is 2.29 bits per heavy atom. The number of carbonyl (C=O) groups is 1. The van der Waals surface area contributed by atoms with Crippen LogP contribution in [0.25, 0.3) is 0 Å². The Labute approximate surface area is 103 Å². The molecule has 1 atom stereocenters. The summed E-state index contributed by atoms with van der Waals surface area (Å²) in [6.07, 6.45) is 3.88. The number of amides is 1. The topological polar surface area (TPSA) is 54.0 Å². The molecule has 0 fully saturated rings. The van der Waals surface area contributed by atoms with E-state index in [1.54, 1.807) is 6.20 Å². The average Bonchev–Trinajstić information content (AvgIpc) is 2.37. The molecule has 0 aliphatic carbocycles. The van der Waals surface area contributed by atoms with Crippen LogP contribution in [0.2, 0.25) is 0 Å². The summed E-state index contributed by atoms with van der Waals surface area (Å²) in [5.41, 5.74) is 0.953. The zero-order chi connectivity index (χ0) is 12.5.